The number of pyridine rings is 1. The van der Waals surface area contributed by atoms with Gasteiger partial charge in [0.05, 0.1) is 5.54 Å². The fourth-order valence-corrected chi connectivity index (χ4v) is 1.98. The molecule has 2 rings (SSSR count). The fourth-order valence-electron chi connectivity index (χ4n) is 1.98. The molecule has 0 radical (unpaired) electrons. The third kappa shape index (κ3) is 3.59. The SMILES string of the molecule is CN(C(=O)OC(C)(C)C)C1(/C=C\c2cccnc2)CC1. The van der Waals surface area contributed by atoms with Crippen molar-refractivity contribution in [1.29, 1.82) is 0 Å². The molecule has 1 fully saturated rings. The van der Waals surface area contributed by atoms with Crippen molar-refractivity contribution in [3.8, 4) is 0 Å². The molecule has 0 saturated heterocycles. The lowest BCUT2D eigenvalue weighted by atomic mass is 10.1. The number of carbonyl (C=O) groups is 1. The number of hydrogen-bond acceptors (Lipinski definition) is 3. The Labute approximate surface area is 120 Å². The minimum atomic E-state index is -0.464. The summed E-state index contributed by atoms with van der Waals surface area (Å²) in [7, 11) is 1.80. The molecule has 1 aliphatic rings. The zero-order valence-electron chi connectivity index (χ0n) is 12.6. The molecule has 1 amide bonds. The highest BCUT2D eigenvalue weighted by Crippen LogP contribution is 2.43. The number of rotatable bonds is 3. The van der Waals surface area contributed by atoms with E-state index >= 15 is 0 Å². The summed E-state index contributed by atoms with van der Waals surface area (Å²) in [6.07, 6.45) is 9.32. The second-order valence-electron chi connectivity index (χ2n) is 6.26. The van der Waals surface area contributed by atoms with Gasteiger partial charge >= 0.3 is 6.09 Å². The third-order valence-electron chi connectivity index (χ3n) is 3.37. The first-order valence-corrected chi connectivity index (χ1v) is 6.89. The van der Waals surface area contributed by atoms with Crippen molar-refractivity contribution in [2.75, 3.05) is 7.05 Å². The van der Waals surface area contributed by atoms with Crippen molar-refractivity contribution in [3.05, 3.63) is 36.2 Å². The second-order valence-corrected chi connectivity index (χ2v) is 6.26. The van der Waals surface area contributed by atoms with Crippen LogP contribution in [0.1, 0.15) is 39.2 Å². The molecule has 1 heterocycles. The third-order valence-corrected chi connectivity index (χ3v) is 3.37. The Balaban J connectivity index is 2.04. The smallest absolute Gasteiger partial charge is 0.410 e. The number of hydrogen-bond donors (Lipinski definition) is 0. The molecule has 0 aromatic carbocycles. The Morgan fingerprint density at radius 1 is 1.45 bits per heavy atom. The van der Waals surface area contributed by atoms with E-state index in [2.05, 4.69) is 11.1 Å². The van der Waals surface area contributed by atoms with E-state index < -0.39 is 5.60 Å². The number of aromatic nitrogens is 1. The maximum Gasteiger partial charge on any atom is 0.410 e. The monoisotopic (exact) mass is 274 g/mol. The summed E-state index contributed by atoms with van der Waals surface area (Å²) >= 11 is 0. The van der Waals surface area contributed by atoms with Gasteiger partial charge in [0.2, 0.25) is 0 Å². The summed E-state index contributed by atoms with van der Waals surface area (Å²) in [5, 5.41) is 0. The predicted molar refractivity (Wildman–Crippen MR) is 79.2 cm³/mol. The summed E-state index contributed by atoms with van der Waals surface area (Å²) in [6, 6.07) is 3.89. The predicted octanol–water partition coefficient (Wildman–Crippen LogP) is 3.49. The van der Waals surface area contributed by atoms with E-state index in [0.29, 0.717) is 0 Å². The summed E-state index contributed by atoms with van der Waals surface area (Å²) < 4.78 is 5.42. The highest BCUT2D eigenvalue weighted by molar-refractivity contribution is 5.70. The minimum Gasteiger partial charge on any atom is -0.444 e. The van der Waals surface area contributed by atoms with Gasteiger partial charge in [0.1, 0.15) is 5.60 Å². The summed E-state index contributed by atoms with van der Waals surface area (Å²) in [4.78, 5) is 17.9. The van der Waals surface area contributed by atoms with Crippen molar-refractivity contribution < 1.29 is 9.53 Å². The molecule has 0 N–H and O–H groups in total. The molecule has 4 nitrogen and oxygen atoms in total. The van der Waals surface area contributed by atoms with E-state index in [1.165, 1.54) is 0 Å². The van der Waals surface area contributed by atoms with Crippen LogP contribution in [0.2, 0.25) is 0 Å². The maximum absolute atomic E-state index is 12.1. The van der Waals surface area contributed by atoms with Crippen molar-refractivity contribution in [3.63, 3.8) is 0 Å². The van der Waals surface area contributed by atoms with E-state index in [1.54, 1.807) is 24.3 Å². The van der Waals surface area contributed by atoms with Crippen LogP contribution in [0.4, 0.5) is 4.79 Å². The minimum absolute atomic E-state index is 0.196. The first-order chi connectivity index (χ1) is 9.32. The molecule has 1 aromatic rings. The van der Waals surface area contributed by atoms with Gasteiger partial charge in [-0.2, -0.15) is 0 Å². The molecule has 0 atom stereocenters. The first-order valence-electron chi connectivity index (χ1n) is 6.89. The van der Waals surface area contributed by atoms with Crippen LogP contribution in [-0.2, 0) is 4.74 Å². The van der Waals surface area contributed by atoms with Crippen molar-refractivity contribution in [1.82, 2.24) is 9.88 Å². The molecular formula is C16H22N2O2. The molecule has 4 heteroatoms. The Kier molecular flexibility index (Phi) is 3.84. The standard InChI is InChI=1S/C16H22N2O2/c1-15(2,3)20-14(19)18(4)16(9-10-16)8-7-13-6-5-11-17-12-13/h5-8,11-12H,9-10H2,1-4H3/b8-7-. The average molecular weight is 274 g/mol. The number of amides is 1. The average Bonchev–Trinajstić information content (AvgIpc) is 3.16. The van der Waals surface area contributed by atoms with Gasteiger partial charge in [-0.3, -0.25) is 4.98 Å². The highest BCUT2D eigenvalue weighted by atomic mass is 16.6. The summed E-state index contributed by atoms with van der Waals surface area (Å²) in [5.74, 6) is 0. The fraction of sp³-hybridized carbons (Fsp3) is 0.500. The van der Waals surface area contributed by atoms with E-state index in [-0.39, 0.29) is 11.6 Å². The van der Waals surface area contributed by atoms with Crippen molar-refractivity contribution in [2.24, 2.45) is 0 Å². The van der Waals surface area contributed by atoms with Crippen molar-refractivity contribution >= 4 is 12.2 Å². The van der Waals surface area contributed by atoms with Gasteiger partial charge in [0, 0.05) is 19.4 Å². The van der Waals surface area contributed by atoms with Gasteiger partial charge in [0.15, 0.2) is 0 Å². The topological polar surface area (TPSA) is 42.4 Å². The van der Waals surface area contributed by atoms with Crippen LogP contribution in [0.15, 0.2) is 30.6 Å². The largest absolute Gasteiger partial charge is 0.444 e. The van der Waals surface area contributed by atoms with E-state index in [9.17, 15) is 4.79 Å². The van der Waals surface area contributed by atoms with Crippen LogP contribution >= 0.6 is 0 Å². The van der Waals surface area contributed by atoms with Gasteiger partial charge in [-0.1, -0.05) is 18.2 Å². The Hall–Kier alpha value is -1.84. The Bertz CT molecular complexity index is 499. The lowest BCUT2D eigenvalue weighted by molar-refractivity contribution is 0.0236. The van der Waals surface area contributed by atoms with E-state index in [0.717, 1.165) is 18.4 Å². The van der Waals surface area contributed by atoms with Gasteiger partial charge in [0.25, 0.3) is 0 Å². The maximum atomic E-state index is 12.1. The Morgan fingerprint density at radius 2 is 2.15 bits per heavy atom. The van der Waals surface area contributed by atoms with Gasteiger partial charge < -0.3 is 9.64 Å². The van der Waals surface area contributed by atoms with Gasteiger partial charge in [-0.25, -0.2) is 4.79 Å². The molecule has 0 bridgehead atoms. The Morgan fingerprint density at radius 3 is 2.65 bits per heavy atom. The van der Waals surface area contributed by atoms with Crippen molar-refractivity contribution in [2.45, 2.75) is 44.8 Å². The number of likely N-dealkylation sites (N-methyl/N-ethyl adjacent to an activating group) is 1. The molecule has 1 aliphatic carbocycles. The summed E-state index contributed by atoms with van der Waals surface area (Å²) in [6.45, 7) is 5.64. The van der Waals surface area contributed by atoms with Crippen LogP contribution in [0, 0.1) is 0 Å². The normalized spacial score (nSPS) is 17.0. The molecule has 0 spiro atoms. The van der Waals surface area contributed by atoms with E-state index in [1.807, 2.05) is 39.0 Å². The summed E-state index contributed by atoms with van der Waals surface area (Å²) in [5.41, 5.74) is 0.378. The van der Waals surface area contributed by atoms with Crippen LogP contribution < -0.4 is 0 Å². The lowest BCUT2D eigenvalue weighted by Gasteiger charge is -2.29. The molecule has 0 aliphatic heterocycles. The second kappa shape index (κ2) is 5.27. The van der Waals surface area contributed by atoms with Crippen LogP contribution in [0.3, 0.4) is 0 Å². The van der Waals surface area contributed by atoms with E-state index in [4.69, 9.17) is 4.74 Å². The molecule has 20 heavy (non-hydrogen) atoms. The molecule has 0 unspecified atom stereocenters. The van der Waals surface area contributed by atoms with Gasteiger partial charge in [-0.05, 0) is 45.2 Å². The zero-order valence-corrected chi connectivity index (χ0v) is 12.6. The quantitative estimate of drug-likeness (QED) is 0.847. The number of ether oxygens (including phenoxy) is 1. The highest BCUT2D eigenvalue weighted by Gasteiger charge is 2.47. The number of carbonyl (C=O) groups excluding carboxylic acids is 1. The van der Waals surface area contributed by atoms with Crippen LogP contribution in [0.5, 0.6) is 0 Å². The molecular weight excluding hydrogens is 252 g/mol. The molecule has 108 valence electrons. The van der Waals surface area contributed by atoms with Crippen LogP contribution in [0.25, 0.3) is 6.08 Å². The van der Waals surface area contributed by atoms with Gasteiger partial charge in [-0.15, -0.1) is 0 Å². The molecule has 1 saturated carbocycles. The van der Waals surface area contributed by atoms with Crippen LogP contribution in [-0.4, -0.2) is 34.2 Å². The first kappa shape index (κ1) is 14.6. The zero-order chi connectivity index (χ0) is 14.8. The molecule has 1 aromatic heterocycles. The number of nitrogens with zero attached hydrogens (tertiary/aromatic N) is 2. The lowest BCUT2D eigenvalue weighted by Crippen LogP contribution is -2.41.